The molecule has 0 spiro atoms. The van der Waals surface area contributed by atoms with Crippen molar-refractivity contribution in [2.45, 2.75) is 70.9 Å². The molecule has 1 aromatic heterocycles. The van der Waals surface area contributed by atoms with E-state index < -0.39 is 0 Å². The molecule has 5 aliphatic carbocycles. The summed E-state index contributed by atoms with van der Waals surface area (Å²) in [7, 11) is 0. The van der Waals surface area contributed by atoms with Crippen LogP contribution in [0.2, 0.25) is 0 Å². The molecule has 1 N–H and O–H groups in total. The summed E-state index contributed by atoms with van der Waals surface area (Å²) < 4.78 is 7.32. The van der Waals surface area contributed by atoms with Crippen LogP contribution >= 0.6 is 0 Å². The van der Waals surface area contributed by atoms with Crippen LogP contribution in [-0.4, -0.2) is 34.3 Å². The van der Waals surface area contributed by atoms with Crippen LogP contribution in [0.5, 0.6) is 0 Å². The normalized spacial score (nSPS) is 31.2. The van der Waals surface area contributed by atoms with Gasteiger partial charge in [0.05, 0.1) is 19.1 Å². The molecule has 180 valence electrons. The molecule has 1 aromatic carbocycles. The second-order valence-corrected chi connectivity index (χ2v) is 11.0. The number of hydrogen-bond donors (Lipinski definition) is 1. The Balaban J connectivity index is 1.28. The molecule has 0 unspecified atom stereocenters. The van der Waals surface area contributed by atoms with Crippen molar-refractivity contribution < 1.29 is 14.3 Å². The molecule has 6 heteroatoms. The van der Waals surface area contributed by atoms with Crippen LogP contribution in [0.4, 0.5) is 0 Å². The van der Waals surface area contributed by atoms with E-state index >= 15 is 0 Å². The van der Waals surface area contributed by atoms with Gasteiger partial charge in [-0.05, 0) is 87.5 Å². The van der Waals surface area contributed by atoms with Crippen molar-refractivity contribution in [2.75, 3.05) is 6.61 Å². The standard InChI is InChI=1S/C28H35N3O3/c1-2-34-28(33)20-8-9-24-23(15-20)26(30-31(24)16-17-6-4-3-5-7-17)27(32)29-25-21-11-18-10-19(13-21)14-22(25)12-18/h3-7,18-22,25H,2,8-16H2,1H3,(H,29,32)/t18?,19?,20-,21?,22?,25?/m0/s1. The molecule has 4 bridgehead atoms. The summed E-state index contributed by atoms with van der Waals surface area (Å²) in [5.41, 5.74) is 3.73. The molecule has 1 heterocycles. The van der Waals surface area contributed by atoms with Crippen LogP contribution in [-0.2, 0) is 28.9 Å². The van der Waals surface area contributed by atoms with E-state index in [0.29, 0.717) is 37.1 Å². The first kappa shape index (κ1) is 21.9. The van der Waals surface area contributed by atoms with Crippen LogP contribution in [0, 0.1) is 29.6 Å². The van der Waals surface area contributed by atoms with E-state index in [0.717, 1.165) is 41.5 Å². The minimum atomic E-state index is -0.199. The Kier molecular flexibility index (Phi) is 5.70. The van der Waals surface area contributed by atoms with Crippen molar-refractivity contribution in [1.82, 2.24) is 15.1 Å². The van der Waals surface area contributed by atoms with Gasteiger partial charge in [-0.3, -0.25) is 14.3 Å². The van der Waals surface area contributed by atoms with Gasteiger partial charge in [0.15, 0.2) is 5.69 Å². The monoisotopic (exact) mass is 461 g/mol. The van der Waals surface area contributed by atoms with Crippen LogP contribution in [0.1, 0.15) is 72.8 Å². The Morgan fingerprint density at radius 1 is 1.06 bits per heavy atom. The van der Waals surface area contributed by atoms with Gasteiger partial charge < -0.3 is 10.1 Å². The van der Waals surface area contributed by atoms with Gasteiger partial charge in [-0.15, -0.1) is 0 Å². The third-order valence-corrected chi connectivity index (χ3v) is 8.88. The Morgan fingerprint density at radius 3 is 2.44 bits per heavy atom. The molecule has 34 heavy (non-hydrogen) atoms. The number of nitrogens with zero attached hydrogens (tertiary/aromatic N) is 2. The van der Waals surface area contributed by atoms with Crippen LogP contribution in [0.3, 0.4) is 0 Å². The summed E-state index contributed by atoms with van der Waals surface area (Å²) in [6.07, 6.45) is 8.49. The highest BCUT2D eigenvalue weighted by Crippen LogP contribution is 2.53. The van der Waals surface area contributed by atoms with Gasteiger partial charge in [-0.2, -0.15) is 5.10 Å². The van der Waals surface area contributed by atoms with Gasteiger partial charge in [0, 0.05) is 17.3 Å². The van der Waals surface area contributed by atoms with Crippen molar-refractivity contribution in [3.8, 4) is 0 Å². The van der Waals surface area contributed by atoms with Gasteiger partial charge in [0.2, 0.25) is 0 Å². The lowest BCUT2D eigenvalue weighted by Crippen LogP contribution is -2.56. The van der Waals surface area contributed by atoms with Gasteiger partial charge in [0.25, 0.3) is 5.91 Å². The fraction of sp³-hybridized carbons (Fsp3) is 0.607. The summed E-state index contributed by atoms with van der Waals surface area (Å²) in [6.45, 7) is 2.86. The fourth-order valence-corrected chi connectivity index (χ4v) is 7.60. The first-order chi connectivity index (χ1) is 16.6. The summed E-state index contributed by atoms with van der Waals surface area (Å²) in [6, 6.07) is 10.5. The first-order valence-electron chi connectivity index (χ1n) is 13.2. The van der Waals surface area contributed by atoms with Crippen molar-refractivity contribution in [3.63, 3.8) is 0 Å². The second kappa shape index (κ2) is 8.86. The lowest BCUT2D eigenvalue weighted by molar-refractivity contribution is -0.148. The number of rotatable bonds is 6. The number of carbonyl (C=O) groups excluding carboxylic acids is 2. The van der Waals surface area contributed by atoms with E-state index in [-0.39, 0.29) is 23.8 Å². The smallest absolute Gasteiger partial charge is 0.309 e. The lowest BCUT2D eigenvalue weighted by atomic mass is 9.54. The zero-order chi connectivity index (χ0) is 23.2. The molecule has 7 rings (SSSR count). The van der Waals surface area contributed by atoms with E-state index in [1.54, 1.807) is 0 Å². The average Bonchev–Trinajstić information content (AvgIpc) is 3.19. The fourth-order valence-electron chi connectivity index (χ4n) is 7.60. The Bertz CT molecular complexity index is 1050. The molecule has 0 saturated heterocycles. The SMILES string of the molecule is CCOC(=O)[C@H]1CCc2c(c(C(=O)NC3C4CC5CC(C4)CC3C5)nn2Cc2ccccc2)C1. The molecule has 4 fully saturated rings. The number of fused-ring (bicyclic) bond motifs is 1. The van der Waals surface area contributed by atoms with Crippen LogP contribution < -0.4 is 5.32 Å². The highest BCUT2D eigenvalue weighted by Gasteiger charge is 2.49. The quantitative estimate of drug-likeness (QED) is 0.656. The zero-order valence-electron chi connectivity index (χ0n) is 20.0. The van der Waals surface area contributed by atoms with Gasteiger partial charge >= 0.3 is 5.97 Å². The summed E-state index contributed by atoms with van der Waals surface area (Å²) >= 11 is 0. The molecule has 4 saturated carbocycles. The van der Waals surface area contributed by atoms with Gasteiger partial charge in [-0.1, -0.05) is 30.3 Å². The van der Waals surface area contributed by atoms with Gasteiger partial charge in [-0.25, -0.2) is 0 Å². The van der Waals surface area contributed by atoms with Crippen molar-refractivity contribution in [3.05, 3.63) is 52.8 Å². The third kappa shape index (κ3) is 3.95. The zero-order valence-corrected chi connectivity index (χ0v) is 20.0. The van der Waals surface area contributed by atoms with E-state index in [1.807, 2.05) is 29.8 Å². The number of esters is 1. The van der Waals surface area contributed by atoms with Gasteiger partial charge in [0.1, 0.15) is 0 Å². The largest absolute Gasteiger partial charge is 0.466 e. The molecule has 0 aliphatic heterocycles. The molecule has 1 atom stereocenters. The number of ether oxygens (including phenoxy) is 1. The Morgan fingerprint density at radius 2 is 1.76 bits per heavy atom. The maximum absolute atomic E-state index is 13.7. The molecular formula is C28H35N3O3. The first-order valence-corrected chi connectivity index (χ1v) is 13.2. The molecule has 5 aliphatic rings. The summed E-state index contributed by atoms with van der Waals surface area (Å²) in [4.78, 5) is 26.2. The van der Waals surface area contributed by atoms with Crippen molar-refractivity contribution in [2.24, 2.45) is 29.6 Å². The molecule has 1 amide bonds. The highest BCUT2D eigenvalue weighted by molar-refractivity contribution is 5.94. The predicted molar refractivity (Wildman–Crippen MR) is 128 cm³/mol. The summed E-state index contributed by atoms with van der Waals surface area (Å²) in [5.74, 6) is 2.58. The highest BCUT2D eigenvalue weighted by atomic mass is 16.5. The second-order valence-electron chi connectivity index (χ2n) is 11.0. The van der Waals surface area contributed by atoms with Crippen LogP contribution in [0.25, 0.3) is 0 Å². The Hall–Kier alpha value is -2.63. The van der Waals surface area contributed by atoms with E-state index in [9.17, 15) is 9.59 Å². The third-order valence-electron chi connectivity index (χ3n) is 8.88. The van der Waals surface area contributed by atoms with Crippen LogP contribution in [0.15, 0.2) is 30.3 Å². The maximum Gasteiger partial charge on any atom is 0.309 e. The minimum Gasteiger partial charge on any atom is -0.466 e. The number of aromatic nitrogens is 2. The van der Waals surface area contributed by atoms with Crippen molar-refractivity contribution in [1.29, 1.82) is 0 Å². The summed E-state index contributed by atoms with van der Waals surface area (Å²) in [5, 5.41) is 8.31. The number of carbonyl (C=O) groups is 2. The molecule has 2 aromatic rings. The number of benzene rings is 1. The lowest BCUT2D eigenvalue weighted by Gasteiger charge is -2.54. The minimum absolute atomic E-state index is 0.0509. The number of hydrogen-bond acceptors (Lipinski definition) is 4. The molecule has 6 nitrogen and oxygen atoms in total. The number of amides is 1. The van der Waals surface area contributed by atoms with E-state index in [2.05, 4.69) is 17.4 Å². The molecule has 0 radical (unpaired) electrons. The molecular weight excluding hydrogens is 426 g/mol. The van der Waals surface area contributed by atoms with E-state index in [1.165, 1.54) is 32.1 Å². The van der Waals surface area contributed by atoms with E-state index in [4.69, 9.17) is 9.84 Å². The topological polar surface area (TPSA) is 73.2 Å². The van der Waals surface area contributed by atoms with Crippen molar-refractivity contribution >= 4 is 11.9 Å². The average molecular weight is 462 g/mol. The predicted octanol–water partition coefficient (Wildman–Crippen LogP) is 4.15. The Labute approximate surface area is 201 Å². The number of nitrogens with one attached hydrogen (secondary N) is 1. The maximum atomic E-state index is 13.7.